The van der Waals surface area contributed by atoms with E-state index < -0.39 is 0 Å². The highest BCUT2D eigenvalue weighted by Crippen LogP contribution is 2.18. The van der Waals surface area contributed by atoms with Gasteiger partial charge in [0.1, 0.15) is 4.88 Å². The third-order valence-electron chi connectivity index (χ3n) is 2.82. The van der Waals surface area contributed by atoms with Gasteiger partial charge in [-0.05, 0) is 39.2 Å². The molecule has 2 aromatic rings. The van der Waals surface area contributed by atoms with Crippen LogP contribution >= 0.6 is 11.3 Å². The second-order valence-corrected chi connectivity index (χ2v) is 5.94. The first-order valence-electron chi connectivity index (χ1n) is 6.72. The van der Waals surface area contributed by atoms with Crippen molar-refractivity contribution in [2.24, 2.45) is 0 Å². The van der Waals surface area contributed by atoms with Crippen molar-refractivity contribution < 1.29 is 9.59 Å². The van der Waals surface area contributed by atoms with Gasteiger partial charge in [-0.25, -0.2) is 4.98 Å². The molecular formula is C15H18N4O2S. The minimum absolute atomic E-state index is 0.105. The molecule has 7 heteroatoms. The first kappa shape index (κ1) is 16.1. The zero-order chi connectivity index (χ0) is 16.1. The number of nitrogens with one attached hydrogen (secondary N) is 2. The van der Waals surface area contributed by atoms with Crippen LogP contribution in [0.4, 0.5) is 11.4 Å². The quantitative estimate of drug-likeness (QED) is 0.886. The van der Waals surface area contributed by atoms with Crippen molar-refractivity contribution in [1.29, 1.82) is 0 Å². The molecule has 0 bridgehead atoms. The predicted octanol–water partition coefficient (Wildman–Crippen LogP) is 2.20. The van der Waals surface area contributed by atoms with Gasteiger partial charge in [0, 0.05) is 11.4 Å². The molecule has 0 aliphatic rings. The van der Waals surface area contributed by atoms with Gasteiger partial charge in [-0.3, -0.25) is 9.59 Å². The average Bonchev–Trinajstić information content (AvgIpc) is 2.84. The molecule has 1 heterocycles. The van der Waals surface area contributed by atoms with Crippen molar-refractivity contribution >= 4 is 34.5 Å². The van der Waals surface area contributed by atoms with E-state index in [4.69, 9.17) is 0 Å². The summed E-state index contributed by atoms with van der Waals surface area (Å²) in [7, 11) is 3.65. The molecule has 0 aliphatic carbocycles. The summed E-state index contributed by atoms with van der Waals surface area (Å²) < 4.78 is 0. The molecule has 2 amide bonds. The molecule has 0 saturated carbocycles. The van der Waals surface area contributed by atoms with Crippen LogP contribution in [0.2, 0.25) is 0 Å². The molecule has 1 aromatic heterocycles. The smallest absolute Gasteiger partial charge is 0.267 e. The second-order valence-electron chi connectivity index (χ2n) is 5.09. The van der Waals surface area contributed by atoms with Crippen molar-refractivity contribution in [2.75, 3.05) is 31.3 Å². The van der Waals surface area contributed by atoms with Gasteiger partial charge in [-0.2, -0.15) is 0 Å². The number of nitrogens with zero attached hydrogens (tertiary/aromatic N) is 2. The van der Waals surface area contributed by atoms with Crippen LogP contribution < -0.4 is 10.6 Å². The summed E-state index contributed by atoms with van der Waals surface area (Å²) >= 11 is 1.30. The number of benzene rings is 1. The molecule has 0 spiro atoms. The van der Waals surface area contributed by atoms with Crippen LogP contribution in [0.15, 0.2) is 29.8 Å². The minimum atomic E-state index is -0.197. The Labute approximate surface area is 133 Å². The van der Waals surface area contributed by atoms with Crippen LogP contribution in [0.5, 0.6) is 0 Å². The van der Waals surface area contributed by atoms with Gasteiger partial charge in [0.05, 0.1) is 17.7 Å². The summed E-state index contributed by atoms with van der Waals surface area (Å²) in [4.78, 5) is 30.3. The van der Waals surface area contributed by atoms with Gasteiger partial charge in [0.2, 0.25) is 5.91 Å². The summed E-state index contributed by atoms with van der Waals surface area (Å²) in [5, 5.41) is 5.60. The molecule has 0 fully saturated rings. The van der Waals surface area contributed by atoms with Gasteiger partial charge < -0.3 is 15.5 Å². The Hall–Kier alpha value is -2.25. The second kappa shape index (κ2) is 7.15. The molecule has 6 nitrogen and oxygen atoms in total. The number of aryl methyl sites for hydroxylation is 1. The summed E-state index contributed by atoms with van der Waals surface area (Å²) in [5.41, 5.74) is 3.62. The maximum Gasteiger partial charge on any atom is 0.267 e. The summed E-state index contributed by atoms with van der Waals surface area (Å²) in [6, 6.07) is 7.05. The van der Waals surface area contributed by atoms with Crippen molar-refractivity contribution in [3.8, 4) is 0 Å². The highest BCUT2D eigenvalue weighted by Gasteiger charge is 2.12. The van der Waals surface area contributed by atoms with Crippen LogP contribution in [0.3, 0.4) is 0 Å². The van der Waals surface area contributed by atoms with E-state index in [9.17, 15) is 9.59 Å². The number of hydrogen-bond acceptors (Lipinski definition) is 5. The molecule has 0 saturated heterocycles. The van der Waals surface area contributed by atoms with Gasteiger partial charge >= 0.3 is 0 Å². The monoisotopic (exact) mass is 318 g/mol. The van der Waals surface area contributed by atoms with Crippen LogP contribution in [-0.2, 0) is 4.79 Å². The Morgan fingerprint density at radius 2 is 1.91 bits per heavy atom. The fourth-order valence-electron chi connectivity index (χ4n) is 1.87. The molecule has 2 rings (SSSR count). The third kappa shape index (κ3) is 4.37. The number of rotatable bonds is 5. The molecule has 22 heavy (non-hydrogen) atoms. The molecule has 0 aliphatic heterocycles. The Kier molecular flexibility index (Phi) is 5.24. The predicted molar refractivity (Wildman–Crippen MR) is 88.4 cm³/mol. The Morgan fingerprint density at radius 1 is 1.23 bits per heavy atom. The number of amides is 2. The molecular weight excluding hydrogens is 300 g/mol. The van der Waals surface area contributed by atoms with Crippen LogP contribution in [-0.4, -0.2) is 42.3 Å². The lowest BCUT2D eigenvalue weighted by atomic mass is 10.2. The largest absolute Gasteiger partial charge is 0.325 e. The number of carbonyl (C=O) groups excluding carboxylic acids is 2. The van der Waals surface area contributed by atoms with Gasteiger partial charge in [-0.15, -0.1) is 11.3 Å². The van der Waals surface area contributed by atoms with E-state index >= 15 is 0 Å². The first-order valence-corrected chi connectivity index (χ1v) is 7.60. The van der Waals surface area contributed by atoms with Crippen molar-refractivity contribution in [3.05, 3.63) is 40.3 Å². The molecule has 0 unspecified atom stereocenters. The van der Waals surface area contributed by atoms with Crippen LogP contribution in [0, 0.1) is 6.92 Å². The molecule has 2 N–H and O–H groups in total. The summed E-state index contributed by atoms with van der Waals surface area (Å²) in [5.74, 6) is -0.302. The van der Waals surface area contributed by atoms with Gasteiger partial charge in [0.25, 0.3) is 5.91 Å². The van der Waals surface area contributed by atoms with E-state index in [-0.39, 0.29) is 11.8 Å². The Bertz CT molecular complexity index is 682. The highest BCUT2D eigenvalue weighted by molar-refractivity contribution is 7.12. The molecule has 0 atom stereocenters. The zero-order valence-electron chi connectivity index (χ0n) is 12.7. The highest BCUT2D eigenvalue weighted by atomic mass is 32.1. The molecule has 1 aromatic carbocycles. The van der Waals surface area contributed by atoms with E-state index in [1.54, 1.807) is 41.6 Å². The van der Waals surface area contributed by atoms with E-state index in [0.29, 0.717) is 28.5 Å². The topological polar surface area (TPSA) is 74.3 Å². The zero-order valence-corrected chi connectivity index (χ0v) is 13.5. The number of likely N-dealkylation sites (N-methyl/N-ethyl adjacent to an activating group) is 1. The fourth-order valence-corrected chi connectivity index (χ4v) is 2.57. The van der Waals surface area contributed by atoms with Crippen molar-refractivity contribution in [1.82, 2.24) is 9.88 Å². The number of anilines is 2. The summed E-state index contributed by atoms with van der Waals surface area (Å²) in [6.07, 6.45) is 0. The fraction of sp³-hybridized carbons (Fsp3) is 0.267. The van der Waals surface area contributed by atoms with Crippen molar-refractivity contribution in [2.45, 2.75) is 6.92 Å². The van der Waals surface area contributed by atoms with E-state index in [0.717, 1.165) is 0 Å². The molecule has 0 radical (unpaired) electrons. The van der Waals surface area contributed by atoms with E-state index in [1.807, 2.05) is 14.1 Å². The summed E-state index contributed by atoms with van der Waals surface area (Å²) in [6.45, 7) is 2.10. The first-order chi connectivity index (χ1) is 10.5. The number of hydrogen-bond donors (Lipinski definition) is 2. The third-order valence-corrected chi connectivity index (χ3v) is 3.74. The number of thiazole rings is 1. The Morgan fingerprint density at radius 3 is 2.50 bits per heavy atom. The number of aromatic nitrogens is 1. The van der Waals surface area contributed by atoms with Crippen LogP contribution in [0.25, 0.3) is 0 Å². The van der Waals surface area contributed by atoms with Gasteiger partial charge in [-0.1, -0.05) is 6.07 Å². The van der Waals surface area contributed by atoms with E-state index in [1.165, 1.54) is 11.3 Å². The van der Waals surface area contributed by atoms with Crippen molar-refractivity contribution in [3.63, 3.8) is 0 Å². The SMILES string of the molecule is Cc1ncsc1C(=O)Nc1cccc(NC(=O)CN(C)C)c1. The lowest BCUT2D eigenvalue weighted by molar-refractivity contribution is -0.116. The van der Waals surface area contributed by atoms with E-state index in [2.05, 4.69) is 15.6 Å². The lowest BCUT2D eigenvalue weighted by Gasteiger charge is -2.11. The molecule has 116 valence electrons. The lowest BCUT2D eigenvalue weighted by Crippen LogP contribution is -2.27. The minimum Gasteiger partial charge on any atom is -0.325 e. The van der Waals surface area contributed by atoms with Crippen LogP contribution in [0.1, 0.15) is 15.4 Å². The maximum atomic E-state index is 12.1. The average molecular weight is 318 g/mol. The normalized spacial score (nSPS) is 10.5. The number of carbonyl (C=O) groups is 2. The standard InChI is InChI=1S/C15H18N4O2S/c1-10-14(22-9-16-10)15(21)18-12-6-4-5-11(7-12)17-13(20)8-19(2)3/h4-7,9H,8H2,1-3H3,(H,17,20)(H,18,21). The maximum absolute atomic E-state index is 12.1. The Balaban J connectivity index is 2.04. The van der Waals surface area contributed by atoms with Gasteiger partial charge in [0.15, 0.2) is 0 Å².